The van der Waals surface area contributed by atoms with Crippen LogP contribution in [-0.4, -0.2) is 13.1 Å². The molecular weight excluding hydrogens is 206 g/mol. The van der Waals surface area contributed by atoms with Crippen molar-refractivity contribution in [2.75, 3.05) is 18.0 Å². The van der Waals surface area contributed by atoms with E-state index >= 15 is 0 Å². The summed E-state index contributed by atoms with van der Waals surface area (Å²) in [6, 6.07) is 3.13. The highest BCUT2D eigenvalue weighted by Crippen LogP contribution is 2.27. The van der Waals surface area contributed by atoms with Gasteiger partial charge in [0.25, 0.3) is 0 Å². The van der Waals surface area contributed by atoms with Crippen molar-refractivity contribution in [1.29, 1.82) is 0 Å². The van der Waals surface area contributed by atoms with Crippen LogP contribution in [0.4, 0.5) is 5.00 Å². The van der Waals surface area contributed by atoms with E-state index in [1.807, 2.05) is 0 Å². The van der Waals surface area contributed by atoms with Crippen LogP contribution in [0.5, 0.6) is 0 Å². The van der Waals surface area contributed by atoms with E-state index in [4.69, 9.17) is 11.6 Å². The van der Waals surface area contributed by atoms with Crippen molar-refractivity contribution >= 4 is 27.9 Å². The maximum absolute atomic E-state index is 11.2. The molecular formula is C9H10ClNOS. The van der Waals surface area contributed by atoms with E-state index in [2.05, 4.69) is 4.90 Å². The molecule has 0 radical (unpaired) electrons. The summed E-state index contributed by atoms with van der Waals surface area (Å²) >= 11 is 7.30. The Morgan fingerprint density at radius 2 is 2.00 bits per heavy atom. The van der Waals surface area contributed by atoms with Gasteiger partial charge in [0.15, 0.2) is 5.43 Å². The largest absolute Gasteiger partial charge is 0.363 e. The zero-order chi connectivity index (χ0) is 9.26. The van der Waals surface area contributed by atoms with Gasteiger partial charge in [-0.05, 0) is 12.8 Å². The van der Waals surface area contributed by atoms with Gasteiger partial charge in [0.1, 0.15) is 0 Å². The van der Waals surface area contributed by atoms with Crippen LogP contribution in [0.3, 0.4) is 0 Å². The smallest absolute Gasteiger partial charge is 0.183 e. The highest BCUT2D eigenvalue weighted by Gasteiger charge is 2.13. The van der Waals surface area contributed by atoms with Crippen LogP contribution in [0.2, 0.25) is 4.34 Å². The zero-order valence-corrected chi connectivity index (χ0v) is 8.70. The first-order valence-corrected chi connectivity index (χ1v) is 5.51. The Bertz CT molecular complexity index is 357. The molecule has 0 saturated carbocycles. The van der Waals surface area contributed by atoms with Crippen LogP contribution in [0, 0.1) is 0 Å². The van der Waals surface area contributed by atoms with Crippen molar-refractivity contribution in [3.63, 3.8) is 0 Å². The third-order valence-corrected chi connectivity index (χ3v) is 3.38. The molecule has 13 heavy (non-hydrogen) atoms. The molecule has 0 N–H and O–H groups in total. The second kappa shape index (κ2) is 3.68. The van der Waals surface area contributed by atoms with Gasteiger partial charge in [0, 0.05) is 25.2 Å². The van der Waals surface area contributed by atoms with Gasteiger partial charge in [0.2, 0.25) is 0 Å². The quantitative estimate of drug-likeness (QED) is 0.717. The van der Waals surface area contributed by atoms with Crippen molar-refractivity contribution in [3.8, 4) is 0 Å². The van der Waals surface area contributed by atoms with Gasteiger partial charge in [-0.3, -0.25) is 4.79 Å². The molecule has 0 atom stereocenters. The van der Waals surface area contributed by atoms with Crippen LogP contribution >= 0.6 is 22.9 Å². The normalized spacial score (nSPS) is 16.5. The predicted molar refractivity (Wildman–Crippen MR) is 57.0 cm³/mol. The van der Waals surface area contributed by atoms with Crippen molar-refractivity contribution < 1.29 is 0 Å². The lowest BCUT2D eigenvalue weighted by Crippen LogP contribution is -2.18. The molecule has 1 aliphatic heterocycles. The summed E-state index contributed by atoms with van der Waals surface area (Å²) in [5.41, 5.74) is 0.00523. The van der Waals surface area contributed by atoms with Crippen LogP contribution in [-0.2, 0) is 0 Å². The molecule has 70 valence electrons. The van der Waals surface area contributed by atoms with Crippen molar-refractivity contribution in [2.45, 2.75) is 12.8 Å². The van der Waals surface area contributed by atoms with E-state index < -0.39 is 0 Å². The van der Waals surface area contributed by atoms with E-state index in [1.165, 1.54) is 30.2 Å². The third-order valence-electron chi connectivity index (χ3n) is 2.14. The molecule has 2 nitrogen and oxygen atoms in total. The van der Waals surface area contributed by atoms with Crippen LogP contribution < -0.4 is 10.3 Å². The van der Waals surface area contributed by atoms with Gasteiger partial charge < -0.3 is 4.90 Å². The zero-order valence-electron chi connectivity index (χ0n) is 7.12. The minimum Gasteiger partial charge on any atom is -0.363 e. The monoisotopic (exact) mass is 215 g/mol. The van der Waals surface area contributed by atoms with E-state index in [0.29, 0.717) is 4.34 Å². The fraction of sp³-hybridized carbons (Fsp3) is 0.444. The van der Waals surface area contributed by atoms with Gasteiger partial charge in [-0.2, -0.15) is 0 Å². The summed E-state index contributed by atoms with van der Waals surface area (Å²) in [5.74, 6) is 0. The fourth-order valence-corrected chi connectivity index (χ4v) is 2.73. The Kier molecular flexibility index (Phi) is 2.56. The van der Waals surface area contributed by atoms with Gasteiger partial charge in [-0.15, -0.1) is 11.3 Å². The topological polar surface area (TPSA) is 20.3 Å². The highest BCUT2D eigenvalue weighted by atomic mass is 35.5. The minimum absolute atomic E-state index is 0.00523. The Hall–Kier alpha value is -0.540. The fourth-order valence-electron chi connectivity index (χ4n) is 1.53. The molecule has 0 unspecified atom stereocenters. The second-order valence-corrected chi connectivity index (χ2v) is 4.82. The van der Waals surface area contributed by atoms with Crippen LogP contribution in [0.15, 0.2) is 16.9 Å². The van der Waals surface area contributed by atoms with Gasteiger partial charge in [0.05, 0.1) is 9.34 Å². The minimum atomic E-state index is 0.00523. The number of anilines is 1. The molecule has 0 aliphatic carbocycles. The van der Waals surface area contributed by atoms with Gasteiger partial charge in [-0.25, -0.2) is 0 Å². The molecule has 0 spiro atoms. The molecule has 2 heterocycles. The third kappa shape index (κ3) is 2.03. The molecule has 1 fully saturated rings. The average Bonchev–Trinajstić information content (AvgIpc) is 2.53. The number of halogens is 1. The lowest BCUT2D eigenvalue weighted by atomic mass is 10.4. The first kappa shape index (κ1) is 9.03. The summed E-state index contributed by atoms with van der Waals surface area (Å²) in [7, 11) is 0. The highest BCUT2D eigenvalue weighted by molar-refractivity contribution is 7.19. The maximum atomic E-state index is 11.2. The van der Waals surface area contributed by atoms with Gasteiger partial charge in [-0.1, -0.05) is 11.6 Å². The van der Waals surface area contributed by atoms with Crippen LogP contribution in [0.25, 0.3) is 0 Å². The molecule has 1 aromatic heterocycles. The summed E-state index contributed by atoms with van der Waals surface area (Å²) in [4.78, 5) is 13.4. The molecule has 4 heteroatoms. The summed E-state index contributed by atoms with van der Waals surface area (Å²) in [5, 5.41) is 1.01. The van der Waals surface area contributed by atoms with E-state index in [9.17, 15) is 4.79 Å². The molecule has 1 saturated heterocycles. The van der Waals surface area contributed by atoms with Crippen LogP contribution in [0.1, 0.15) is 12.8 Å². The molecule has 1 aromatic rings. The molecule has 2 rings (SSSR count). The summed E-state index contributed by atoms with van der Waals surface area (Å²) in [6.07, 6.45) is 2.43. The molecule has 0 amide bonds. The van der Waals surface area contributed by atoms with E-state index in [-0.39, 0.29) is 5.43 Å². The van der Waals surface area contributed by atoms with E-state index in [0.717, 1.165) is 18.1 Å². The van der Waals surface area contributed by atoms with Crippen molar-refractivity contribution in [3.05, 3.63) is 26.7 Å². The Morgan fingerprint density at radius 1 is 1.31 bits per heavy atom. The second-order valence-electron chi connectivity index (χ2n) is 3.13. The SMILES string of the molecule is O=c1cc(Cl)sc(N2CCCC2)c1. The lowest BCUT2D eigenvalue weighted by Gasteiger charge is -2.15. The maximum Gasteiger partial charge on any atom is 0.183 e. The Balaban J connectivity index is 2.33. The van der Waals surface area contributed by atoms with E-state index in [1.54, 1.807) is 6.07 Å². The molecule has 0 bridgehead atoms. The lowest BCUT2D eigenvalue weighted by molar-refractivity contribution is 0.949. The number of hydrogen-bond donors (Lipinski definition) is 0. The van der Waals surface area contributed by atoms with Crippen molar-refractivity contribution in [1.82, 2.24) is 0 Å². The number of rotatable bonds is 1. The molecule has 1 aliphatic rings. The molecule has 0 aromatic carbocycles. The first-order chi connectivity index (χ1) is 6.25. The predicted octanol–water partition coefficient (Wildman–Crippen LogP) is 2.36. The number of hydrogen-bond acceptors (Lipinski definition) is 3. The standard InChI is InChI=1S/C9H10ClNOS/c10-8-5-7(12)6-9(13-8)11-3-1-2-4-11/h5-6H,1-4H2. The Labute approximate surface area is 85.8 Å². The summed E-state index contributed by atoms with van der Waals surface area (Å²) in [6.45, 7) is 2.10. The number of nitrogens with zero attached hydrogens (tertiary/aromatic N) is 1. The van der Waals surface area contributed by atoms with Gasteiger partial charge >= 0.3 is 0 Å². The van der Waals surface area contributed by atoms with Crippen molar-refractivity contribution in [2.24, 2.45) is 0 Å². The summed E-state index contributed by atoms with van der Waals surface area (Å²) < 4.78 is 0.578. The first-order valence-electron chi connectivity index (χ1n) is 4.31. The Morgan fingerprint density at radius 3 is 2.62 bits per heavy atom. The average molecular weight is 216 g/mol.